The van der Waals surface area contributed by atoms with Crippen LogP contribution in [-0.4, -0.2) is 24.8 Å². The van der Waals surface area contributed by atoms with Crippen molar-refractivity contribution in [3.05, 3.63) is 117 Å². The van der Waals surface area contributed by atoms with Crippen molar-refractivity contribution >= 4 is 27.8 Å². The number of para-hydroxylation sites is 1. The van der Waals surface area contributed by atoms with E-state index in [-0.39, 0.29) is 13.0 Å². The lowest BCUT2D eigenvalue weighted by molar-refractivity contribution is -0.137. The number of rotatable bonds is 6. The first-order valence-corrected chi connectivity index (χ1v) is 11.4. The van der Waals surface area contributed by atoms with Crippen LogP contribution in [-0.2, 0) is 18.4 Å². The van der Waals surface area contributed by atoms with E-state index in [0.29, 0.717) is 16.5 Å². The van der Waals surface area contributed by atoms with E-state index in [1.54, 1.807) is 53.1 Å². The number of aliphatic carboxylic acids is 1. The first-order valence-electron chi connectivity index (χ1n) is 11.4. The normalized spacial score (nSPS) is 12.3. The van der Waals surface area contributed by atoms with Gasteiger partial charge in [0.25, 0.3) is 5.56 Å². The van der Waals surface area contributed by atoms with Gasteiger partial charge in [0, 0.05) is 24.1 Å². The van der Waals surface area contributed by atoms with Crippen LogP contribution in [0.4, 0.5) is 0 Å². The highest BCUT2D eigenvalue weighted by atomic mass is 16.4. The molecule has 3 aromatic carbocycles. The molecule has 0 aliphatic rings. The Kier molecular flexibility index (Phi) is 5.61. The third kappa shape index (κ3) is 3.85. The molecule has 0 spiro atoms. The molecule has 1 atom stereocenters. The van der Waals surface area contributed by atoms with Crippen LogP contribution in [0, 0.1) is 6.92 Å². The minimum atomic E-state index is -1.09. The minimum Gasteiger partial charge on any atom is -0.481 e. The number of hydrogen-bond donors (Lipinski definition) is 1. The zero-order valence-corrected chi connectivity index (χ0v) is 19.5. The number of carboxylic acids is 1. The van der Waals surface area contributed by atoms with Gasteiger partial charge in [-0.1, -0.05) is 54.6 Å². The second-order valence-corrected chi connectivity index (χ2v) is 8.82. The van der Waals surface area contributed by atoms with Crippen LogP contribution in [0.5, 0.6) is 0 Å². The maximum Gasteiger partial charge on any atom is 0.332 e. The zero-order chi connectivity index (χ0) is 24.7. The second-order valence-electron chi connectivity index (χ2n) is 8.82. The van der Waals surface area contributed by atoms with Gasteiger partial charge in [-0.15, -0.1) is 0 Å². The van der Waals surface area contributed by atoms with Crippen molar-refractivity contribution in [2.24, 2.45) is 7.05 Å². The van der Waals surface area contributed by atoms with Crippen molar-refractivity contribution in [2.45, 2.75) is 25.9 Å². The number of fused-ring (bicyclic) bond motifs is 2. The van der Waals surface area contributed by atoms with E-state index in [4.69, 9.17) is 0 Å². The van der Waals surface area contributed by atoms with Crippen molar-refractivity contribution in [1.29, 1.82) is 0 Å². The van der Waals surface area contributed by atoms with E-state index in [1.807, 2.05) is 49.0 Å². The largest absolute Gasteiger partial charge is 0.481 e. The molecule has 0 aliphatic carbocycles. The summed E-state index contributed by atoms with van der Waals surface area (Å²) in [7, 11) is 1.96. The van der Waals surface area contributed by atoms with Gasteiger partial charge in [0.2, 0.25) is 0 Å². The number of nitrogens with zero attached hydrogens (tertiary/aromatic N) is 3. The molecule has 7 heteroatoms. The second kappa shape index (κ2) is 8.76. The van der Waals surface area contributed by atoms with Crippen molar-refractivity contribution < 1.29 is 9.90 Å². The fraction of sp³-hybridized carbons (Fsp3) is 0.179. The average molecular weight is 468 g/mol. The molecule has 5 rings (SSSR count). The number of hydrogen-bond acceptors (Lipinski definition) is 3. The van der Waals surface area contributed by atoms with Crippen LogP contribution in [0.25, 0.3) is 21.8 Å². The highest BCUT2D eigenvalue weighted by molar-refractivity contribution is 5.87. The van der Waals surface area contributed by atoms with E-state index in [9.17, 15) is 19.5 Å². The van der Waals surface area contributed by atoms with Crippen LogP contribution in [0.15, 0.2) is 88.6 Å². The van der Waals surface area contributed by atoms with Crippen LogP contribution < -0.4 is 11.2 Å². The number of aryl methyl sites for hydroxylation is 2. The summed E-state index contributed by atoms with van der Waals surface area (Å²) in [5, 5.41) is 11.1. The molecule has 0 saturated heterocycles. The first-order chi connectivity index (χ1) is 16.9. The topological polar surface area (TPSA) is 86.2 Å². The van der Waals surface area contributed by atoms with Crippen LogP contribution >= 0.6 is 0 Å². The molecule has 2 heterocycles. The lowest BCUT2D eigenvalue weighted by atomic mass is 10.0. The van der Waals surface area contributed by atoms with Crippen molar-refractivity contribution in [2.75, 3.05) is 0 Å². The number of benzene rings is 3. The van der Waals surface area contributed by atoms with Gasteiger partial charge in [0.1, 0.15) is 0 Å². The molecule has 0 aliphatic heterocycles. The molecule has 35 heavy (non-hydrogen) atoms. The van der Waals surface area contributed by atoms with Gasteiger partial charge >= 0.3 is 11.7 Å². The molecular formula is C28H25N3O4. The summed E-state index contributed by atoms with van der Waals surface area (Å²) in [6, 6.07) is 21.0. The molecule has 7 nitrogen and oxygen atoms in total. The maximum absolute atomic E-state index is 14.0. The van der Waals surface area contributed by atoms with Crippen LogP contribution in [0.2, 0.25) is 0 Å². The smallest absolute Gasteiger partial charge is 0.332 e. The van der Waals surface area contributed by atoms with E-state index in [1.165, 1.54) is 0 Å². The monoisotopic (exact) mass is 467 g/mol. The summed E-state index contributed by atoms with van der Waals surface area (Å²) >= 11 is 0. The SMILES string of the molecule is Cc1cccc2c1c(Cn1c(=O)n(C(CC(=O)O)c3ccccc3)c(=O)c3ccccc31)cn2C. The molecule has 0 amide bonds. The minimum absolute atomic E-state index is 0.246. The standard InChI is InChI=1S/C28H25N3O4/c1-18-9-8-14-23-26(18)20(16-29(23)2)17-30-22-13-7-6-12-21(22)27(34)31(28(30)35)24(15-25(32)33)19-10-4-3-5-11-19/h3-14,16,24H,15,17H2,1-2H3,(H,32,33). The lowest BCUT2D eigenvalue weighted by Gasteiger charge is -2.21. The molecule has 0 fully saturated rings. The predicted molar refractivity (Wildman–Crippen MR) is 136 cm³/mol. The molecule has 0 saturated carbocycles. The van der Waals surface area contributed by atoms with Gasteiger partial charge in [-0.2, -0.15) is 0 Å². The van der Waals surface area contributed by atoms with Crippen LogP contribution in [0.1, 0.15) is 29.2 Å². The molecule has 1 N–H and O–H groups in total. The Bertz CT molecular complexity index is 1690. The Morgan fingerprint density at radius 1 is 0.914 bits per heavy atom. The quantitative estimate of drug-likeness (QED) is 0.408. The Hall–Kier alpha value is -4.39. The summed E-state index contributed by atoms with van der Waals surface area (Å²) in [5.74, 6) is -1.09. The number of aromatic nitrogens is 3. The Morgan fingerprint density at radius 2 is 1.60 bits per heavy atom. The molecule has 2 aromatic heterocycles. The van der Waals surface area contributed by atoms with Gasteiger partial charge in [-0.25, -0.2) is 4.79 Å². The first kappa shape index (κ1) is 22.4. The fourth-order valence-corrected chi connectivity index (χ4v) is 4.99. The van der Waals surface area contributed by atoms with Crippen molar-refractivity contribution in [3.63, 3.8) is 0 Å². The highest BCUT2D eigenvalue weighted by Gasteiger charge is 2.24. The molecule has 1 unspecified atom stereocenters. The van der Waals surface area contributed by atoms with Crippen molar-refractivity contribution in [1.82, 2.24) is 13.7 Å². The Balaban J connectivity index is 1.80. The summed E-state index contributed by atoms with van der Waals surface area (Å²) in [6.07, 6.45) is 1.62. The summed E-state index contributed by atoms with van der Waals surface area (Å²) in [6.45, 7) is 2.28. The Labute approximate surface area is 201 Å². The van der Waals surface area contributed by atoms with Gasteiger partial charge < -0.3 is 9.67 Å². The van der Waals surface area contributed by atoms with E-state index >= 15 is 0 Å². The molecular weight excluding hydrogens is 442 g/mol. The van der Waals surface area contributed by atoms with Crippen molar-refractivity contribution in [3.8, 4) is 0 Å². The maximum atomic E-state index is 14.0. The number of carbonyl (C=O) groups is 1. The third-order valence-electron chi connectivity index (χ3n) is 6.57. The van der Waals surface area contributed by atoms with E-state index in [2.05, 4.69) is 0 Å². The fourth-order valence-electron chi connectivity index (χ4n) is 4.99. The molecule has 0 radical (unpaired) electrons. The van der Waals surface area contributed by atoms with Crippen LogP contribution in [0.3, 0.4) is 0 Å². The third-order valence-corrected chi connectivity index (χ3v) is 6.57. The molecule has 5 aromatic rings. The number of carboxylic acid groups (broad SMARTS) is 1. The zero-order valence-electron chi connectivity index (χ0n) is 19.5. The van der Waals surface area contributed by atoms with Gasteiger partial charge in [0.05, 0.1) is 29.9 Å². The van der Waals surface area contributed by atoms with Gasteiger partial charge in [-0.05, 0) is 41.8 Å². The summed E-state index contributed by atoms with van der Waals surface area (Å²) in [4.78, 5) is 39.3. The Morgan fingerprint density at radius 3 is 2.34 bits per heavy atom. The average Bonchev–Trinajstić information content (AvgIpc) is 3.18. The van der Waals surface area contributed by atoms with Gasteiger partial charge in [-0.3, -0.25) is 18.7 Å². The lowest BCUT2D eigenvalue weighted by Crippen LogP contribution is -2.43. The summed E-state index contributed by atoms with van der Waals surface area (Å²) < 4.78 is 4.71. The van der Waals surface area contributed by atoms with Gasteiger partial charge in [0.15, 0.2) is 0 Å². The van der Waals surface area contributed by atoms with E-state index < -0.39 is 23.3 Å². The highest BCUT2D eigenvalue weighted by Crippen LogP contribution is 2.26. The van der Waals surface area contributed by atoms with E-state index in [0.717, 1.165) is 26.6 Å². The molecule has 0 bridgehead atoms. The summed E-state index contributed by atoms with van der Waals surface area (Å²) in [5.41, 5.74) is 3.19. The predicted octanol–water partition coefficient (Wildman–Crippen LogP) is 4.08. The molecule has 176 valence electrons.